The normalized spacial score (nSPS) is 11.3. The summed E-state index contributed by atoms with van der Waals surface area (Å²) in [5, 5.41) is 8.73. The van der Waals surface area contributed by atoms with E-state index in [-0.39, 0.29) is 17.6 Å². The van der Waals surface area contributed by atoms with Crippen molar-refractivity contribution in [2.45, 2.75) is 19.3 Å². The number of benzene rings is 2. The van der Waals surface area contributed by atoms with Crippen LogP contribution in [0.3, 0.4) is 0 Å². The molecule has 0 saturated heterocycles. The number of ether oxygens (including phenoxy) is 1. The maximum Gasteiger partial charge on any atom is 0.449 e. The number of hydrogen-bond donors (Lipinski definition) is 0. The molecule has 0 aliphatic rings. The Morgan fingerprint density at radius 3 is 2.50 bits per heavy atom. The number of para-hydroxylation sites is 2. The Labute approximate surface area is 146 Å². The van der Waals surface area contributed by atoms with Crippen LogP contribution in [0.1, 0.15) is 17.0 Å². The van der Waals surface area contributed by atoms with Crippen molar-refractivity contribution in [2.75, 3.05) is 0 Å². The van der Waals surface area contributed by atoms with Gasteiger partial charge in [0.2, 0.25) is 5.82 Å². The molecule has 132 valence electrons. The van der Waals surface area contributed by atoms with Crippen LogP contribution in [0, 0.1) is 11.3 Å². The van der Waals surface area contributed by atoms with Crippen LogP contribution in [-0.4, -0.2) is 15.5 Å². The van der Waals surface area contributed by atoms with E-state index in [0.29, 0.717) is 11.1 Å². The molecule has 0 spiro atoms. The summed E-state index contributed by atoms with van der Waals surface area (Å²) < 4.78 is 45.4. The van der Waals surface area contributed by atoms with Gasteiger partial charge >= 0.3 is 12.1 Å². The smallest absolute Gasteiger partial charge is 0.449 e. The molecule has 1 aromatic heterocycles. The van der Waals surface area contributed by atoms with Crippen molar-refractivity contribution in [2.24, 2.45) is 0 Å². The Balaban J connectivity index is 1.77. The number of esters is 1. The Morgan fingerprint density at radius 1 is 1.15 bits per heavy atom. The van der Waals surface area contributed by atoms with Gasteiger partial charge in [0, 0.05) is 0 Å². The van der Waals surface area contributed by atoms with Crippen molar-refractivity contribution in [3.05, 3.63) is 65.5 Å². The first-order valence-corrected chi connectivity index (χ1v) is 7.55. The SMILES string of the molecule is N#Cc1ccc(COC(=O)Cn2c(C(F)(F)F)nc3ccccc32)cc1. The summed E-state index contributed by atoms with van der Waals surface area (Å²) in [4.78, 5) is 15.6. The van der Waals surface area contributed by atoms with Gasteiger partial charge < -0.3 is 9.30 Å². The topological polar surface area (TPSA) is 67.9 Å². The first-order valence-electron chi connectivity index (χ1n) is 7.55. The number of nitriles is 1. The van der Waals surface area contributed by atoms with E-state index in [1.165, 1.54) is 12.1 Å². The number of nitrogens with zero attached hydrogens (tertiary/aromatic N) is 3. The van der Waals surface area contributed by atoms with Crippen molar-refractivity contribution in [1.29, 1.82) is 5.26 Å². The molecule has 0 aliphatic heterocycles. The minimum absolute atomic E-state index is 0.0987. The van der Waals surface area contributed by atoms with Gasteiger partial charge in [-0.25, -0.2) is 4.98 Å². The zero-order valence-corrected chi connectivity index (χ0v) is 13.3. The highest BCUT2D eigenvalue weighted by molar-refractivity contribution is 5.79. The van der Waals surface area contributed by atoms with E-state index in [4.69, 9.17) is 10.00 Å². The average Bonchev–Trinajstić information content (AvgIpc) is 2.99. The van der Waals surface area contributed by atoms with Crippen molar-refractivity contribution < 1.29 is 22.7 Å². The highest BCUT2D eigenvalue weighted by Gasteiger charge is 2.38. The molecule has 0 unspecified atom stereocenters. The monoisotopic (exact) mass is 359 g/mol. The predicted octanol–water partition coefficient (Wildman–Crippen LogP) is 3.67. The molecule has 0 bridgehead atoms. The van der Waals surface area contributed by atoms with Gasteiger partial charge in [-0.05, 0) is 29.8 Å². The second kappa shape index (κ2) is 6.88. The van der Waals surface area contributed by atoms with E-state index in [1.54, 1.807) is 36.4 Å². The lowest BCUT2D eigenvalue weighted by atomic mass is 10.2. The standard InChI is InChI=1S/C18H12F3N3O2/c19-18(20,21)17-23-14-3-1-2-4-15(14)24(17)10-16(25)26-11-13-7-5-12(9-22)6-8-13/h1-8H,10-11H2. The van der Waals surface area contributed by atoms with Crippen LogP contribution in [0.15, 0.2) is 48.5 Å². The number of carbonyl (C=O) groups excluding carboxylic acids is 1. The van der Waals surface area contributed by atoms with Crippen LogP contribution >= 0.6 is 0 Å². The molecule has 3 aromatic rings. The second-order valence-corrected chi connectivity index (χ2v) is 5.48. The molecular weight excluding hydrogens is 347 g/mol. The lowest BCUT2D eigenvalue weighted by Crippen LogP contribution is -2.20. The van der Waals surface area contributed by atoms with Gasteiger partial charge in [-0.15, -0.1) is 0 Å². The van der Waals surface area contributed by atoms with Crippen LogP contribution in [0.25, 0.3) is 11.0 Å². The lowest BCUT2D eigenvalue weighted by Gasteiger charge is -2.11. The quantitative estimate of drug-likeness (QED) is 0.667. The lowest BCUT2D eigenvalue weighted by molar-refractivity contribution is -0.151. The Morgan fingerprint density at radius 2 is 1.85 bits per heavy atom. The summed E-state index contributed by atoms with van der Waals surface area (Å²) in [7, 11) is 0. The highest BCUT2D eigenvalue weighted by Crippen LogP contribution is 2.31. The van der Waals surface area contributed by atoms with Gasteiger partial charge in [-0.1, -0.05) is 24.3 Å². The summed E-state index contributed by atoms with van der Waals surface area (Å²) in [6.45, 7) is -0.704. The van der Waals surface area contributed by atoms with Gasteiger partial charge in [0.1, 0.15) is 13.2 Å². The second-order valence-electron chi connectivity index (χ2n) is 5.48. The molecular formula is C18H12F3N3O2. The molecule has 0 aliphatic carbocycles. The molecule has 0 saturated carbocycles. The molecule has 0 N–H and O–H groups in total. The highest BCUT2D eigenvalue weighted by atomic mass is 19.4. The first kappa shape index (κ1) is 17.5. The Bertz CT molecular complexity index is 986. The van der Waals surface area contributed by atoms with Crippen LogP contribution in [0.4, 0.5) is 13.2 Å². The maximum atomic E-state index is 13.2. The molecule has 2 aromatic carbocycles. The third-order valence-corrected chi connectivity index (χ3v) is 3.68. The van der Waals surface area contributed by atoms with Crippen LogP contribution in [0.5, 0.6) is 0 Å². The number of fused-ring (bicyclic) bond motifs is 1. The molecule has 1 heterocycles. The molecule has 8 heteroatoms. The first-order chi connectivity index (χ1) is 12.4. The molecule has 5 nitrogen and oxygen atoms in total. The van der Waals surface area contributed by atoms with Gasteiger partial charge in [-0.2, -0.15) is 18.4 Å². The molecule has 3 rings (SSSR count). The number of aromatic nitrogens is 2. The van der Waals surface area contributed by atoms with Crippen LogP contribution in [0.2, 0.25) is 0 Å². The van der Waals surface area contributed by atoms with Gasteiger partial charge in [0.15, 0.2) is 0 Å². The molecule has 26 heavy (non-hydrogen) atoms. The summed E-state index contributed by atoms with van der Waals surface area (Å²) in [5.74, 6) is -1.96. The number of carbonyl (C=O) groups is 1. The molecule has 0 amide bonds. The van der Waals surface area contributed by atoms with Gasteiger partial charge in [0.05, 0.1) is 22.7 Å². The zero-order chi connectivity index (χ0) is 18.7. The van der Waals surface area contributed by atoms with Crippen molar-refractivity contribution in [3.8, 4) is 6.07 Å². The Kier molecular flexibility index (Phi) is 4.63. The summed E-state index contributed by atoms with van der Waals surface area (Å²) in [6.07, 6.45) is -4.69. The predicted molar refractivity (Wildman–Crippen MR) is 85.7 cm³/mol. The minimum atomic E-state index is -4.69. The largest absolute Gasteiger partial charge is 0.459 e. The fraction of sp³-hybridized carbons (Fsp3) is 0.167. The summed E-state index contributed by atoms with van der Waals surface area (Å²) in [6, 6.07) is 14.4. The van der Waals surface area contributed by atoms with Crippen molar-refractivity contribution >= 4 is 17.0 Å². The van der Waals surface area contributed by atoms with E-state index in [1.807, 2.05) is 6.07 Å². The van der Waals surface area contributed by atoms with Gasteiger partial charge in [0.25, 0.3) is 0 Å². The number of halogens is 3. The van der Waals surface area contributed by atoms with E-state index in [2.05, 4.69) is 4.98 Å². The summed E-state index contributed by atoms with van der Waals surface area (Å²) in [5.41, 5.74) is 1.44. The van der Waals surface area contributed by atoms with Crippen LogP contribution in [-0.2, 0) is 28.9 Å². The summed E-state index contributed by atoms with van der Waals surface area (Å²) >= 11 is 0. The van der Waals surface area contributed by atoms with Gasteiger partial charge in [-0.3, -0.25) is 4.79 Å². The van der Waals surface area contributed by atoms with E-state index in [0.717, 1.165) is 4.57 Å². The zero-order valence-electron chi connectivity index (χ0n) is 13.3. The molecule has 0 atom stereocenters. The third-order valence-electron chi connectivity index (χ3n) is 3.68. The van der Waals surface area contributed by atoms with Crippen LogP contribution < -0.4 is 0 Å². The molecule has 0 radical (unpaired) electrons. The van der Waals surface area contributed by atoms with Crippen molar-refractivity contribution in [3.63, 3.8) is 0 Å². The fourth-order valence-corrected chi connectivity index (χ4v) is 2.47. The number of alkyl halides is 3. The Hall–Kier alpha value is -3.34. The number of rotatable bonds is 4. The number of hydrogen-bond acceptors (Lipinski definition) is 4. The van der Waals surface area contributed by atoms with E-state index >= 15 is 0 Å². The number of imidazole rings is 1. The maximum absolute atomic E-state index is 13.2. The van der Waals surface area contributed by atoms with E-state index < -0.39 is 24.5 Å². The third kappa shape index (κ3) is 3.67. The minimum Gasteiger partial charge on any atom is -0.459 e. The fourth-order valence-electron chi connectivity index (χ4n) is 2.47. The molecule has 0 fully saturated rings. The average molecular weight is 359 g/mol. The van der Waals surface area contributed by atoms with E-state index in [9.17, 15) is 18.0 Å². The van der Waals surface area contributed by atoms with Crippen molar-refractivity contribution in [1.82, 2.24) is 9.55 Å².